The van der Waals surface area contributed by atoms with Crippen molar-refractivity contribution < 1.29 is 13.9 Å². The summed E-state index contributed by atoms with van der Waals surface area (Å²) in [5.41, 5.74) is 7.43. The smallest absolute Gasteiger partial charge is 0.137 e. The first-order valence-electron chi connectivity index (χ1n) is 6.07. The lowest BCUT2D eigenvalue weighted by molar-refractivity contribution is 0.302. The van der Waals surface area contributed by atoms with Gasteiger partial charge in [-0.3, -0.25) is 0 Å². The highest BCUT2D eigenvalue weighted by atomic mass is 79.9. The van der Waals surface area contributed by atoms with Gasteiger partial charge in [-0.1, -0.05) is 6.07 Å². The number of hydrogen-bond acceptors (Lipinski definition) is 3. The lowest BCUT2D eigenvalue weighted by atomic mass is 10.2. The van der Waals surface area contributed by atoms with Crippen LogP contribution >= 0.6 is 15.9 Å². The van der Waals surface area contributed by atoms with Crippen LogP contribution in [0.1, 0.15) is 11.1 Å². The highest BCUT2D eigenvalue weighted by molar-refractivity contribution is 9.10. The second-order valence-corrected chi connectivity index (χ2v) is 5.07. The van der Waals surface area contributed by atoms with Crippen molar-refractivity contribution in [3.05, 3.63) is 57.8 Å². The van der Waals surface area contributed by atoms with Crippen LogP contribution in [0.3, 0.4) is 0 Å². The van der Waals surface area contributed by atoms with Crippen LogP contribution in [0.25, 0.3) is 0 Å². The van der Waals surface area contributed by atoms with E-state index in [1.165, 1.54) is 6.07 Å². The average Bonchev–Trinajstić information content (AvgIpc) is 2.48. The molecule has 2 aromatic carbocycles. The minimum atomic E-state index is -0.291. The monoisotopic (exact) mass is 339 g/mol. The maximum atomic E-state index is 13.1. The third kappa shape index (κ3) is 3.49. The normalized spacial score (nSPS) is 10.4. The molecular formula is C15H15BrFNO2. The van der Waals surface area contributed by atoms with Crippen LogP contribution in [0.4, 0.5) is 4.39 Å². The first kappa shape index (κ1) is 14.8. The number of benzene rings is 2. The SMILES string of the molecule is COc1ccc(OCc2ccc(F)c(Br)c2)c(CN)c1. The van der Waals surface area contributed by atoms with Gasteiger partial charge in [-0.25, -0.2) is 4.39 Å². The van der Waals surface area contributed by atoms with Gasteiger partial charge in [0.25, 0.3) is 0 Å². The standard InChI is InChI=1S/C15H15BrFNO2/c1-19-12-3-5-15(11(7-12)8-18)20-9-10-2-4-14(17)13(16)6-10/h2-7H,8-9,18H2,1H3. The molecule has 0 saturated heterocycles. The largest absolute Gasteiger partial charge is 0.497 e. The van der Waals surface area contributed by atoms with Crippen LogP contribution in [0.2, 0.25) is 0 Å². The fourth-order valence-corrected chi connectivity index (χ4v) is 2.20. The number of nitrogens with two attached hydrogens (primary N) is 1. The highest BCUT2D eigenvalue weighted by Gasteiger charge is 2.06. The van der Waals surface area contributed by atoms with Crippen LogP contribution in [0.5, 0.6) is 11.5 Å². The summed E-state index contributed by atoms with van der Waals surface area (Å²) in [5.74, 6) is 1.15. The van der Waals surface area contributed by atoms with E-state index in [0.29, 0.717) is 23.4 Å². The van der Waals surface area contributed by atoms with Gasteiger partial charge in [0.05, 0.1) is 11.6 Å². The summed E-state index contributed by atoms with van der Waals surface area (Å²) >= 11 is 3.15. The van der Waals surface area contributed by atoms with Crippen LogP contribution in [-0.2, 0) is 13.2 Å². The fraction of sp³-hybridized carbons (Fsp3) is 0.200. The summed E-state index contributed by atoms with van der Waals surface area (Å²) in [6, 6.07) is 10.3. The zero-order chi connectivity index (χ0) is 14.5. The van der Waals surface area contributed by atoms with E-state index in [9.17, 15) is 4.39 Å². The molecule has 106 valence electrons. The van der Waals surface area contributed by atoms with Gasteiger partial charge in [0.15, 0.2) is 0 Å². The van der Waals surface area contributed by atoms with E-state index in [-0.39, 0.29) is 5.82 Å². The molecule has 2 aromatic rings. The van der Waals surface area contributed by atoms with E-state index >= 15 is 0 Å². The van der Waals surface area contributed by atoms with E-state index in [0.717, 1.165) is 16.9 Å². The Bertz CT molecular complexity index is 604. The summed E-state index contributed by atoms with van der Waals surface area (Å²) in [6.07, 6.45) is 0. The van der Waals surface area contributed by atoms with Crippen molar-refractivity contribution in [1.29, 1.82) is 0 Å². The summed E-state index contributed by atoms with van der Waals surface area (Å²) in [4.78, 5) is 0. The summed E-state index contributed by atoms with van der Waals surface area (Å²) in [6.45, 7) is 0.706. The van der Waals surface area contributed by atoms with E-state index in [1.807, 2.05) is 18.2 Å². The van der Waals surface area contributed by atoms with Gasteiger partial charge in [0, 0.05) is 12.1 Å². The Morgan fingerprint density at radius 1 is 1.20 bits per heavy atom. The van der Waals surface area contributed by atoms with Gasteiger partial charge < -0.3 is 15.2 Å². The quantitative estimate of drug-likeness (QED) is 0.904. The third-order valence-corrected chi connectivity index (χ3v) is 3.47. The zero-order valence-electron chi connectivity index (χ0n) is 11.0. The Kier molecular flexibility index (Phi) is 4.98. The second kappa shape index (κ2) is 6.72. The van der Waals surface area contributed by atoms with Gasteiger partial charge in [0.1, 0.15) is 23.9 Å². The molecule has 0 unspecified atom stereocenters. The third-order valence-electron chi connectivity index (χ3n) is 2.87. The molecule has 0 fully saturated rings. The zero-order valence-corrected chi connectivity index (χ0v) is 12.6. The maximum Gasteiger partial charge on any atom is 0.137 e. The van der Waals surface area contributed by atoms with Crippen molar-refractivity contribution in [3.8, 4) is 11.5 Å². The van der Waals surface area contributed by atoms with Crippen LogP contribution in [0, 0.1) is 5.82 Å². The Morgan fingerprint density at radius 3 is 2.65 bits per heavy atom. The first-order chi connectivity index (χ1) is 9.63. The molecule has 0 radical (unpaired) electrons. The van der Waals surface area contributed by atoms with E-state index < -0.39 is 0 Å². The summed E-state index contributed by atoms with van der Waals surface area (Å²) in [5, 5.41) is 0. The summed E-state index contributed by atoms with van der Waals surface area (Å²) in [7, 11) is 1.60. The maximum absolute atomic E-state index is 13.1. The Balaban J connectivity index is 2.12. The molecule has 3 nitrogen and oxygen atoms in total. The molecule has 20 heavy (non-hydrogen) atoms. The molecule has 0 aliphatic carbocycles. The predicted molar refractivity (Wildman–Crippen MR) is 79.3 cm³/mol. The molecule has 0 aliphatic heterocycles. The van der Waals surface area contributed by atoms with Crippen molar-refractivity contribution in [2.45, 2.75) is 13.2 Å². The van der Waals surface area contributed by atoms with Crippen LogP contribution in [0.15, 0.2) is 40.9 Å². The summed E-state index contributed by atoms with van der Waals surface area (Å²) < 4.78 is 24.4. The molecule has 2 N–H and O–H groups in total. The topological polar surface area (TPSA) is 44.5 Å². The van der Waals surface area contributed by atoms with Crippen molar-refractivity contribution in [2.24, 2.45) is 5.73 Å². The molecule has 0 aromatic heterocycles. The van der Waals surface area contributed by atoms with Gasteiger partial charge >= 0.3 is 0 Å². The molecule has 2 rings (SSSR count). The van der Waals surface area contributed by atoms with E-state index in [2.05, 4.69) is 15.9 Å². The number of methoxy groups -OCH3 is 1. The number of halogens is 2. The molecule has 0 aliphatic rings. The van der Waals surface area contributed by atoms with E-state index in [1.54, 1.807) is 19.2 Å². The van der Waals surface area contributed by atoms with Crippen molar-refractivity contribution in [2.75, 3.05) is 7.11 Å². The minimum absolute atomic E-state index is 0.291. The van der Waals surface area contributed by atoms with Crippen LogP contribution in [-0.4, -0.2) is 7.11 Å². The van der Waals surface area contributed by atoms with E-state index in [4.69, 9.17) is 15.2 Å². The Labute approximate surface area is 125 Å². The van der Waals surface area contributed by atoms with Crippen LogP contribution < -0.4 is 15.2 Å². The van der Waals surface area contributed by atoms with Crippen molar-refractivity contribution in [3.63, 3.8) is 0 Å². The van der Waals surface area contributed by atoms with Gasteiger partial charge in [-0.05, 0) is 51.8 Å². The molecule has 0 bridgehead atoms. The molecular weight excluding hydrogens is 325 g/mol. The minimum Gasteiger partial charge on any atom is -0.497 e. The molecule has 0 atom stereocenters. The van der Waals surface area contributed by atoms with Gasteiger partial charge in [-0.15, -0.1) is 0 Å². The molecule has 0 heterocycles. The van der Waals surface area contributed by atoms with Gasteiger partial charge in [-0.2, -0.15) is 0 Å². The lowest BCUT2D eigenvalue weighted by Gasteiger charge is -2.12. The molecule has 5 heteroatoms. The second-order valence-electron chi connectivity index (χ2n) is 4.21. The van der Waals surface area contributed by atoms with Crippen molar-refractivity contribution in [1.82, 2.24) is 0 Å². The first-order valence-corrected chi connectivity index (χ1v) is 6.87. The Hall–Kier alpha value is -1.59. The molecule has 0 spiro atoms. The Morgan fingerprint density at radius 2 is 2.00 bits per heavy atom. The molecule has 0 saturated carbocycles. The average molecular weight is 340 g/mol. The predicted octanol–water partition coefficient (Wildman–Crippen LogP) is 3.63. The number of hydrogen-bond donors (Lipinski definition) is 1. The highest BCUT2D eigenvalue weighted by Crippen LogP contribution is 2.25. The van der Waals surface area contributed by atoms with Gasteiger partial charge in [0.2, 0.25) is 0 Å². The number of ether oxygens (including phenoxy) is 2. The van der Waals surface area contributed by atoms with Crippen molar-refractivity contribution >= 4 is 15.9 Å². The number of rotatable bonds is 5. The lowest BCUT2D eigenvalue weighted by Crippen LogP contribution is -2.03. The molecule has 0 amide bonds. The fourth-order valence-electron chi connectivity index (χ4n) is 1.77.